The highest BCUT2D eigenvalue weighted by Crippen LogP contribution is 2.29. The van der Waals surface area contributed by atoms with Gasteiger partial charge in [-0.25, -0.2) is 9.78 Å². The zero-order valence-electron chi connectivity index (χ0n) is 7.14. The van der Waals surface area contributed by atoms with Crippen LogP contribution in [-0.2, 0) is 0 Å². The number of benzene rings is 1. The SMILES string of the molecule is N.O=C(O)Sc1nc2ccccc2s1. The van der Waals surface area contributed by atoms with Gasteiger partial charge in [0.05, 0.1) is 10.2 Å². The van der Waals surface area contributed by atoms with Gasteiger partial charge in [-0.15, -0.1) is 11.3 Å². The van der Waals surface area contributed by atoms with Crippen LogP contribution in [0.15, 0.2) is 28.6 Å². The summed E-state index contributed by atoms with van der Waals surface area (Å²) in [4.78, 5) is 14.5. The summed E-state index contributed by atoms with van der Waals surface area (Å²) in [5, 5.41) is 7.60. The van der Waals surface area contributed by atoms with Crippen molar-refractivity contribution in [2.45, 2.75) is 4.34 Å². The summed E-state index contributed by atoms with van der Waals surface area (Å²) in [7, 11) is 0. The smallest absolute Gasteiger partial charge is 0.372 e. The molecule has 74 valence electrons. The van der Waals surface area contributed by atoms with E-state index in [1.807, 2.05) is 24.3 Å². The lowest BCUT2D eigenvalue weighted by Crippen LogP contribution is -1.80. The van der Waals surface area contributed by atoms with Gasteiger partial charge in [0.15, 0.2) is 4.34 Å². The van der Waals surface area contributed by atoms with Gasteiger partial charge in [-0.2, -0.15) is 0 Å². The molecule has 0 bridgehead atoms. The summed E-state index contributed by atoms with van der Waals surface area (Å²) >= 11 is 2.14. The molecular formula is C8H8N2O2S2. The summed E-state index contributed by atoms with van der Waals surface area (Å²) in [5.74, 6) is 0. The van der Waals surface area contributed by atoms with Crippen molar-refractivity contribution in [3.63, 3.8) is 0 Å². The Morgan fingerprint density at radius 1 is 1.43 bits per heavy atom. The van der Waals surface area contributed by atoms with Crippen LogP contribution in [0.25, 0.3) is 10.2 Å². The molecule has 1 heterocycles. The van der Waals surface area contributed by atoms with Crippen LogP contribution in [0.2, 0.25) is 0 Å². The normalized spacial score (nSPS) is 9.71. The fourth-order valence-corrected chi connectivity index (χ4v) is 2.61. The van der Waals surface area contributed by atoms with Crippen LogP contribution < -0.4 is 6.15 Å². The minimum Gasteiger partial charge on any atom is -0.473 e. The number of hydrogen-bond donors (Lipinski definition) is 2. The Bertz CT molecular complexity index is 422. The third-order valence-electron chi connectivity index (χ3n) is 1.45. The fourth-order valence-electron chi connectivity index (χ4n) is 0.969. The molecule has 0 radical (unpaired) electrons. The van der Waals surface area contributed by atoms with Crippen LogP contribution in [0.5, 0.6) is 0 Å². The van der Waals surface area contributed by atoms with Crippen LogP contribution in [0.4, 0.5) is 4.79 Å². The highest BCUT2D eigenvalue weighted by Gasteiger charge is 2.07. The number of rotatable bonds is 1. The van der Waals surface area contributed by atoms with Crippen LogP contribution in [0.1, 0.15) is 0 Å². The van der Waals surface area contributed by atoms with Crippen molar-refractivity contribution in [2.24, 2.45) is 0 Å². The fraction of sp³-hybridized carbons (Fsp3) is 0. The molecule has 0 unspecified atom stereocenters. The Hall–Kier alpha value is -1.11. The molecule has 0 spiro atoms. The molecular weight excluding hydrogens is 220 g/mol. The molecule has 4 N–H and O–H groups in total. The number of hydrogen-bond acceptors (Lipinski definition) is 5. The average Bonchev–Trinajstić information content (AvgIpc) is 2.44. The van der Waals surface area contributed by atoms with Gasteiger partial charge in [0.2, 0.25) is 0 Å². The molecule has 0 saturated carbocycles. The Labute approximate surface area is 88.6 Å². The Balaban J connectivity index is 0.000000980. The van der Waals surface area contributed by atoms with Crippen LogP contribution in [0.3, 0.4) is 0 Å². The largest absolute Gasteiger partial charge is 0.473 e. The first-order chi connectivity index (χ1) is 6.25. The van der Waals surface area contributed by atoms with Crippen LogP contribution in [0, 0.1) is 0 Å². The highest BCUT2D eigenvalue weighted by atomic mass is 32.2. The average molecular weight is 228 g/mol. The highest BCUT2D eigenvalue weighted by molar-refractivity contribution is 8.14. The second-order valence-electron chi connectivity index (χ2n) is 2.32. The molecule has 0 atom stereocenters. The van der Waals surface area contributed by atoms with Gasteiger partial charge in [0.1, 0.15) is 0 Å². The molecule has 4 nitrogen and oxygen atoms in total. The molecule has 0 aliphatic carbocycles. The minimum absolute atomic E-state index is 0. The summed E-state index contributed by atoms with van der Waals surface area (Å²) in [6.45, 7) is 0. The van der Waals surface area contributed by atoms with E-state index >= 15 is 0 Å². The van der Waals surface area contributed by atoms with Gasteiger partial charge in [0.25, 0.3) is 0 Å². The Morgan fingerprint density at radius 3 is 2.79 bits per heavy atom. The van der Waals surface area contributed by atoms with Crippen molar-refractivity contribution < 1.29 is 9.90 Å². The van der Waals surface area contributed by atoms with Gasteiger partial charge < -0.3 is 11.3 Å². The molecule has 0 amide bonds. The molecule has 1 aromatic carbocycles. The maximum atomic E-state index is 10.4. The number of fused-ring (bicyclic) bond motifs is 1. The predicted octanol–water partition coefficient (Wildman–Crippen LogP) is 3.23. The number of thiazole rings is 1. The number of thioether (sulfide) groups is 1. The molecule has 0 aliphatic heterocycles. The Morgan fingerprint density at radius 2 is 2.14 bits per heavy atom. The molecule has 0 saturated heterocycles. The van der Waals surface area contributed by atoms with Crippen molar-refractivity contribution in [3.8, 4) is 0 Å². The topological polar surface area (TPSA) is 85.2 Å². The zero-order valence-corrected chi connectivity index (χ0v) is 8.77. The van der Waals surface area contributed by atoms with E-state index in [9.17, 15) is 4.79 Å². The molecule has 2 rings (SSSR count). The van der Waals surface area contributed by atoms with Gasteiger partial charge in [-0.05, 0) is 12.1 Å². The van der Waals surface area contributed by atoms with Crippen LogP contribution >= 0.6 is 23.1 Å². The van der Waals surface area contributed by atoms with Crippen molar-refractivity contribution in [2.75, 3.05) is 0 Å². The standard InChI is InChI=1S/C8H5NO2S2.H3N/c10-8(11)13-7-9-5-3-1-2-4-6(5)12-7;/h1-4H,(H,10,11);1H3. The maximum absolute atomic E-state index is 10.4. The van der Waals surface area contributed by atoms with Crippen molar-refractivity contribution >= 4 is 38.6 Å². The summed E-state index contributed by atoms with van der Waals surface area (Å²) in [6.07, 6.45) is 0. The number of carboxylic acid groups (broad SMARTS) is 1. The summed E-state index contributed by atoms with van der Waals surface area (Å²) < 4.78 is 1.60. The molecule has 6 heteroatoms. The van der Waals surface area contributed by atoms with E-state index in [1.54, 1.807) is 0 Å². The molecule has 1 aromatic heterocycles. The van der Waals surface area contributed by atoms with E-state index in [4.69, 9.17) is 5.11 Å². The Kier molecular flexibility index (Phi) is 3.45. The third kappa shape index (κ3) is 2.22. The number of aromatic nitrogens is 1. The van der Waals surface area contributed by atoms with Gasteiger partial charge in [-0.1, -0.05) is 12.1 Å². The quantitative estimate of drug-likeness (QED) is 0.732. The molecule has 14 heavy (non-hydrogen) atoms. The maximum Gasteiger partial charge on any atom is 0.372 e. The minimum atomic E-state index is -0.918. The van der Waals surface area contributed by atoms with E-state index < -0.39 is 5.30 Å². The third-order valence-corrected chi connectivity index (χ3v) is 3.22. The lowest BCUT2D eigenvalue weighted by Gasteiger charge is -1.83. The van der Waals surface area contributed by atoms with E-state index in [-0.39, 0.29) is 6.15 Å². The number of nitrogens with zero attached hydrogens (tertiary/aromatic N) is 1. The lowest BCUT2D eigenvalue weighted by atomic mass is 10.3. The van der Waals surface area contributed by atoms with Crippen LogP contribution in [-0.4, -0.2) is 15.4 Å². The van der Waals surface area contributed by atoms with Crippen molar-refractivity contribution in [3.05, 3.63) is 24.3 Å². The van der Waals surface area contributed by atoms with Gasteiger partial charge in [-0.3, -0.25) is 0 Å². The molecule has 2 aromatic rings. The zero-order chi connectivity index (χ0) is 9.26. The number of para-hydroxylation sites is 1. The second kappa shape index (κ2) is 4.41. The summed E-state index contributed by atoms with van der Waals surface area (Å²) in [5.41, 5.74) is 0.858. The first kappa shape index (κ1) is 11.0. The first-order valence-corrected chi connectivity index (χ1v) is 5.15. The van der Waals surface area contributed by atoms with Crippen molar-refractivity contribution in [1.82, 2.24) is 11.1 Å². The van der Waals surface area contributed by atoms with E-state index in [0.717, 1.165) is 22.0 Å². The summed E-state index contributed by atoms with van der Waals surface area (Å²) in [6, 6.07) is 7.60. The molecule has 0 fully saturated rings. The second-order valence-corrected chi connectivity index (χ2v) is 4.54. The van der Waals surface area contributed by atoms with E-state index in [1.165, 1.54) is 11.3 Å². The van der Waals surface area contributed by atoms with E-state index in [2.05, 4.69) is 4.98 Å². The predicted molar refractivity (Wildman–Crippen MR) is 58.5 cm³/mol. The van der Waals surface area contributed by atoms with E-state index in [0.29, 0.717) is 4.34 Å². The van der Waals surface area contributed by atoms with Gasteiger partial charge >= 0.3 is 5.30 Å². The molecule has 0 aliphatic rings. The lowest BCUT2D eigenvalue weighted by molar-refractivity contribution is 0.222. The van der Waals surface area contributed by atoms with Crippen molar-refractivity contribution in [1.29, 1.82) is 0 Å². The number of carbonyl (C=O) groups is 1. The monoisotopic (exact) mass is 228 g/mol. The first-order valence-electron chi connectivity index (χ1n) is 3.52. The van der Waals surface area contributed by atoms with Gasteiger partial charge in [0, 0.05) is 11.8 Å².